The molecule has 76 valence electrons. The van der Waals surface area contributed by atoms with Crippen molar-refractivity contribution in [2.45, 2.75) is 32.7 Å². The normalized spacial score (nSPS) is 25.9. The highest BCUT2D eigenvalue weighted by atomic mass is 16.2. The fourth-order valence-corrected chi connectivity index (χ4v) is 1.83. The zero-order valence-corrected chi connectivity index (χ0v) is 8.42. The maximum Gasteiger partial charge on any atom is 0.250 e. The molecule has 1 rings (SSSR count). The maximum absolute atomic E-state index is 11.2. The summed E-state index contributed by atoms with van der Waals surface area (Å²) in [6.45, 7) is 6.15. The third kappa shape index (κ3) is 2.42. The number of carbonyl (C=O) groups excluding carboxylic acids is 1. The summed E-state index contributed by atoms with van der Waals surface area (Å²) in [5.74, 6) is 5.75. The van der Waals surface area contributed by atoms with Gasteiger partial charge in [-0.25, -0.2) is 5.84 Å². The summed E-state index contributed by atoms with van der Waals surface area (Å²) in [6, 6.07) is -0.0819. The van der Waals surface area contributed by atoms with Gasteiger partial charge in [0.2, 0.25) is 0 Å². The van der Waals surface area contributed by atoms with E-state index in [0.717, 1.165) is 19.0 Å². The van der Waals surface area contributed by atoms with Crippen LogP contribution < -0.4 is 11.3 Å². The molecular formula is C9H19N3O. The monoisotopic (exact) mass is 185 g/mol. The minimum Gasteiger partial charge on any atom is -0.293 e. The molecule has 0 aliphatic carbocycles. The van der Waals surface area contributed by atoms with Gasteiger partial charge in [-0.1, -0.05) is 13.3 Å². The van der Waals surface area contributed by atoms with Gasteiger partial charge >= 0.3 is 0 Å². The second-order valence-corrected chi connectivity index (χ2v) is 3.74. The number of nitrogens with zero attached hydrogens (tertiary/aromatic N) is 1. The minimum atomic E-state index is -0.0863. The van der Waals surface area contributed by atoms with Gasteiger partial charge in [-0.15, -0.1) is 0 Å². The molecule has 0 aromatic rings. The number of likely N-dealkylation sites (tertiary alicyclic amines) is 1. The van der Waals surface area contributed by atoms with Crippen molar-refractivity contribution < 1.29 is 4.79 Å². The molecule has 0 aromatic carbocycles. The van der Waals surface area contributed by atoms with Gasteiger partial charge in [0.15, 0.2) is 0 Å². The molecule has 4 nitrogen and oxygen atoms in total. The van der Waals surface area contributed by atoms with Crippen molar-refractivity contribution in [3.63, 3.8) is 0 Å². The van der Waals surface area contributed by atoms with Crippen LogP contribution in [0.5, 0.6) is 0 Å². The van der Waals surface area contributed by atoms with Crippen LogP contribution in [0.3, 0.4) is 0 Å². The van der Waals surface area contributed by atoms with Crippen molar-refractivity contribution in [3.05, 3.63) is 0 Å². The SMILES string of the molecule is CCC1CCN(C(C)C(=O)NN)C1. The third-order valence-corrected chi connectivity index (χ3v) is 2.96. The summed E-state index contributed by atoms with van der Waals surface area (Å²) in [4.78, 5) is 13.4. The molecule has 1 fully saturated rings. The zero-order chi connectivity index (χ0) is 9.84. The van der Waals surface area contributed by atoms with E-state index in [-0.39, 0.29) is 11.9 Å². The van der Waals surface area contributed by atoms with Gasteiger partial charge in [0, 0.05) is 6.54 Å². The van der Waals surface area contributed by atoms with Crippen LogP contribution in [0.2, 0.25) is 0 Å². The van der Waals surface area contributed by atoms with Gasteiger partial charge in [0.05, 0.1) is 6.04 Å². The number of nitrogens with two attached hydrogens (primary N) is 1. The summed E-state index contributed by atoms with van der Waals surface area (Å²) in [6.07, 6.45) is 2.41. The predicted molar refractivity (Wildman–Crippen MR) is 51.8 cm³/mol. The zero-order valence-electron chi connectivity index (χ0n) is 8.42. The maximum atomic E-state index is 11.2. The lowest BCUT2D eigenvalue weighted by Crippen LogP contribution is -2.46. The Balaban J connectivity index is 2.41. The molecular weight excluding hydrogens is 166 g/mol. The molecule has 1 aliphatic rings. The van der Waals surface area contributed by atoms with Gasteiger partial charge in [-0.05, 0) is 25.8 Å². The lowest BCUT2D eigenvalue weighted by molar-refractivity contribution is -0.125. The number of hydrazine groups is 1. The summed E-state index contributed by atoms with van der Waals surface area (Å²) >= 11 is 0. The first-order chi connectivity index (χ1) is 6.19. The van der Waals surface area contributed by atoms with Gasteiger partial charge in [-0.2, -0.15) is 0 Å². The second-order valence-electron chi connectivity index (χ2n) is 3.74. The molecule has 0 radical (unpaired) electrons. The largest absolute Gasteiger partial charge is 0.293 e. The van der Waals surface area contributed by atoms with Crippen molar-refractivity contribution in [2.75, 3.05) is 13.1 Å². The lowest BCUT2D eigenvalue weighted by atomic mass is 10.1. The van der Waals surface area contributed by atoms with Crippen molar-refractivity contribution in [3.8, 4) is 0 Å². The minimum absolute atomic E-state index is 0.0819. The van der Waals surface area contributed by atoms with Crippen molar-refractivity contribution in [2.24, 2.45) is 11.8 Å². The van der Waals surface area contributed by atoms with Crippen molar-refractivity contribution >= 4 is 5.91 Å². The number of nitrogens with one attached hydrogen (secondary N) is 1. The van der Waals surface area contributed by atoms with Crippen LogP contribution >= 0.6 is 0 Å². The van der Waals surface area contributed by atoms with E-state index in [4.69, 9.17) is 5.84 Å². The van der Waals surface area contributed by atoms with E-state index >= 15 is 0 Å². The van der Waals surface area contributed by atoms with E-state index in [0.29, 0.717) is 0 Å². The molecule has 0 aromatic heterocycles. The van der Waals surface area contributed by atoms with Gasteiger partial charge < -0.3 is 0 Å². The Kier molecular flexibility index (Phi) is 3.69. The summed E-state index contributed by atoms with van der Waals surface area (Å²) < 4.78 is 0. The Hall–Kier alpha value is -0.610. The number of amides is 1. The van der Waals surface area contributed by atoms with E-state index in [9.17, 15) is 4.79 Å². The van der Waals surface area contributed by atoms with Crippen LogP contribution in [0.1, 0.15) is 26.7 Å². The van der Waals surface area contributed by atoms with Crippen LogP contribution in [0.25, 0.3) is 0 Å². The molecule has 13 heavy (non-hydrogen) atoms. The summed E-state index contributed by atoms with van der Waals surface area (Å²) in [7, 11) is 0. The van der Waals surface area contributed by atoms with E-state index in [2.05, 4.69) is 17.2 Å². The molecule has 2 atom stereocenters. The highest BCUT2D eigenvalue weighted by Crippen LogP contribution is 2.20. The Morgan fingerprint density at radius 2 is 2.46 bits per heavy atom. The first kappa shape index (κ1) is 10.5. The lowest BCUT2D eigenvalue weighted by Gasteiger charge is -2.22. The highest BCUT2D eigenvalue weighted by molar-refractivity contribution is 5.80. The molecule has 0 bridgehead atoms. The molecule has 1 aliphatic heterocycles. The quantitative estimate of drug-likeness (QED) is 0.372. The number of hydrogen-bond donors (Lipinski definition) is 2. The Morgan fingerprint density at radius 1 is 1.77 bits per heavy atom. The van der Waals surface area contributed by atoms with E-state index in [1.807, 2.05) is 6.92 Å². The topological polar surface area (TPSA) is 58.4 Å². The Morgan fingerprint density at radius 3 is 2.92 bits per heavy atom. The van der Waals surface area contributed by atoms with Crippen molar-refractivity contribution in [1.82, 2.24) is 10.3 Å². The van der Waals surface area contributed by atoms with Crippen molar-refractivity contribution in [1.29, 1.82) is 0 Å². The van der Waals surface area contributed by atoms with Crippen LogP contribution in [-0.2, 0) is 4.79 Å². The smallest absolute Gasteiger partial charge is 0.250 e. The molecule has 2 unspecified atom stereocenters. The fourth-order valence-electron chi connectivity index (χ4n) is 1.83. The van der Waals surface area contributed by atoms with Gasteiger partial charge in [-0.3, -0.25) is 15.1 Å². The molecule has 1 heterocycles. The van der Waals surface area contributed by atoms with Gasteiger partial charge in [0.25, 0.3) is 5.91 Å². The second kappa shape index (κ2) is 4.58. The molecule has 1 amide bonds. The van der Waals surface area contributed by atoms with E-state index in [1.54, 1.807) is 0 Å². The first-order valence-electron chi connectivity index (χ1n) is 4.93. The molecule has 0 saturated carbocycles. The fraction of sp³-hybridized carbons (Fsp3) is 0.889. The average molecular weight is 185 g/mol. The molecule has 1 saturated heterocycles. The summed E-state index contributed by atoms with van der Waals surface area (Å²) in [5, 5.41) is 0. The standard InChI is InChI=1S/C9H19N3O/c1-3-8-4-5-12(6-8)7(2)9(13)11-10/h7-8H,3-6,10H2,1-2H3,(H,11,13). The van der Waals surface area contributed by atoms with Crippen LogP contribution in [0.15, 0.2) is 0 Å². The van der Waals surface area contributed by atoms with Gasteiger partial charge in [0.1, 0.15) is 0 Å². The molecule has 3 N–H and O–H groups in total. The number of rotatable bonds is 3. The first-order valence-corrected chi connectivity index (χ1v) is 4.93. The number of hydrogen-bond acceptors (Lipinski definition) is 3. The van der Waals surface area contributed by atoms with E-state index in [1.165, 1.54) is 12.8 Å². The predicted octanol–water partition coefficient (Wildman–Crippen LogP) is 0.0967. The number of carbonyl (C=O) groups is 1. The third-order valence-electron chi connectivity index (χ3n) is 2.96. The Bertz CT molecular complexity index is 184. The molecule has 4 heteroatoms. The summed E-state index contributed by atoms with van der Waals surface area (Å²) in [5.41, 5.74) is 2.19. The highest BCUT2D eigenvalue weighted by Gasteiger charge is 2.27. The van der Waals surface area contributed by atoms with Crippen LogP contribution in [-0.4, -0.2) is 29.9 Å². The average Bonchev–Trinajstić information content (AvgIpc) is 2.63. The molecule has 0 spiro atoms. The van der Waals surface area contributed by atoms with E-state index < -0.39 is 0 Å². The Labute approximate surface area is 79.4 Å². The van der Waals surface area contributed by atoms with Crippen LogP contribution in [0.4, 0.5) is 0 Å². The van der Waals surface area contributed by atoms with Crippen LogP contribution in [0, 0.1) is 5.92 Å².